The number of hydrogen-bond donors (Lipinski definition) is 1. The van der Waals surface area contributed by atoms with Crippen LogP contribution < -0.4 is 14.9 Å². The number of furan rings is 1. The number of halogens is 1. The van der Waals surface area contributed by atoms with E-state index in [-0.39, 0.29) is 5.76 Å². The highest BCUT2D eigenvalue weighted by Gasteiger charge is 2.14. The van der Waals surface area contributed by atoms with E-state index in [1.54, 1.807) is 19.2 Å². The lowest BCUT2D eigenvalue weighted by atomic mass is 10.2. The highest BCUT2D eigenvalue weighted by molar-refractivity contribution is 6.31. The first kappa shape index (κ1) is 20.5. The van der Waals surface area contributed by atoms with Crippen molar-refractivity contribution in [1.29, 1.82) is 0 Å². The first-order valence-corrected chi connectivity index (χ1v) is 9.88. The maximum atomic E-state index is 12.4. The van der Waals surface area contributed by atoms with Crippen LogP contribution in [-0.2, 0) is 6.61 Å². The number of fused-ring (bicyclic) bond motifs is 1. The molecule has 7 heteroatoms. The average molecular weight is 435 g/mol. The zero-order chi connectivity index (χ0) is 21.6. The zero-order valence-electron chi connectivity index (χ0n) is 16.7. The highest BCUT2D eigenvalue weighted by atomic mass is 35.5. The van der Waals surface area contributed by atoms with Crippen LogP contribution in [0.1, 0.15) is 21.7 Å². The molecule has 6 nitrogen and oxygen atoms in total. The fourth-order valence-corrected chi connectivity index (χ4v) is 3.20. The number of ether oxygens (including phenoxy) is 2. The van der Waals surface area contributed by atoms with Crippen LogP contribution in [0.5, 0.6) is 11.5 Å². The van der Waals surface area contributed by atoms with Crippen molar-refractivity contribution in [3.8, 4) is 11.5 Å². The lowest BCUT2D eigenvalue weighted by Gasteiger charge is -2.10. The largest absolute Gasteiger partial charge is 0.493 e. The zero-order valence-corrected chi connectivity index (χ0v) is 17.4. The highest BCUT2D eigenvalue weighted by Crippen LogP contribution is 2.28. The number of nitrogens with zero attached hydrogens (tertiary/aromatic N) is 1. The van der Waals surface area contributed by atoms with E-state index in [2.05, 4.69) is 10.5 Å². The summed E-state index contributed by atoms with van der Waals surface area (Å²) in [5, 5.41) is 5.45. The average Bonchev–Trinajstić information content (AvgIpc) is 3.24. The first-order chi connectivity index (χ1) is 15.2. The van der Waals surface area contributed by atoms with Gasteiger partial charge in [-0.15, -0.1) is 0 Å². The quantitative estimate of drug-likeness (QED) is 0.310. The molecule has 0 unspecified atom stereocenters. The molecule has 0 aliphatic carbocycles. The van der Waals surface area contributed by atoms with Gasteiger partial charge in [-0.25, -0.2) is 5.43 Å². The van der Waals surface area contributed by atoms with E-state index in [0.29, 0.717) is 34.3 Å². The second-order valence-corrected chi connectivity index (χ2v) is 7.01. The van der Waals surface area contributed by atoms with Gasteiger partial charge in [0.1, 0.15) is 12.4 Å². The summed E-state index contributed by atoms with van der Waals surface area (Å²) in [6, 6.07) is 22.0. The van der Waals surface area contributed by atoms with Crippen molar-refractivity contribution in [2.24, 2.45) is 5.10 Å². The molecule has 0 aliphatic heterocycles. The number of rotatable bonds is 7. The molecule has 0 atom stereocenters. The van der Waals surface area contributed by atoms with Crippen molar-refractivity contribution < 1.29 is 18.7 Å². The number of hydrazone groups is 1. The Morgan fingerprint density at radius 3 is 2.68 bits per heavy atom. The van der Waals surface area contributed by atoms with Gasteiger partial charge in [0, 0.05) is 21.5 Å². The SMILES string of the molecule is COc1cccc2cc(C(=O)N/N=C\c3ccccc3OCc3ccccc3Cl)oc12. The topological polar surface area (TPSA) is 73.1 Å². The molecular weight excluding hydrogens is 416 g/mol. The summed E-state index contributed by atoms with van der Waals surface area (Å²) in [6.07, 6.45) is 1.52. The Kier molecular flexibility index (Phi) is 6.19. The van der Waals surface area contributed by atoms with Crippen molar-refractivity contribution in [3.05, 3.63) is 94.7 Å². The van der Waals surface area contributed by atoms with Gasteiger partial charge in [0.25, 0.3) is 0 Å². The van der Waals surface area contributed by atoms with E-state index in [0.717, 1.165) is 10.9 Å². The molecule has 0 saturated heterocycles. The van der Waals surface area contributed by atoms with Crippen LogP contribution in [0.2, 0.25) is 5.02 Å². The monoisotopic (exact) mass is 434 g/mol. The van der Waals surface area contributed by atoms with E-state index >= 15 is 0 Å². The minimum absolute atomic E-state index is 0.139. The van der Waals surface area contributed by atoms with Gasteiger partial charge in [-0.2, -0.15) is 5.10 Å². The number of para-hydroxylation sites is 2. The molecule has 31 heavy (non-hydrogen) atoms. The Bertz CT molecular complexity index is 1250. The van der Waals surface area contributed by atoms with Crippen LogP contribution in [0.3, 0.4) is 0 Å². The van der Waals surface area contributed by atoms with E-state index in [4.69, 9.17) is 25.5 Å². The van der Waals surface area contributed by atoms with Crippen LogP contribution in [0, 0.1) is 0 Å². The summed E-state index contributed by atoms with van der Waals surface area (Å²) in [5.74, 6) is 0.849. The molecule has 0 bridgehead atoms. The second kappa shape index (κ2) is 9.36. The molecule has 4 aromatic rings. The normalized spacial score (nSPS) is 11.0. The second-order valence-electron chi connectivity index (χ2n) is 6.61. The van der Waals surface area contributed by atoms with Crippen molar-refractivity contribution in [3.63, 3.8) is 0 Å². The van der Waals surface area contributed by atoms with Gasteiger partial charge < -0.3 is 13.9 Å². The molecule has 3 aromatic carbocycles. The van der Waals surface area contributed by atoms with Gasteiger partial charge in [0.15, 0.2) is 17.1 Å². The third-order valence-electron chi connectivity index (χ3n) is 4.58. The summed E-state index contributed by atoms with van der Waals surface area (Å²) < 4.78 is 16.8. The standard InChI is InChI=1S/C24H19ClN2O4/c1-29-21-12-6-9-16-13-22(31-23(16)21)24(28)27-26-14-17-7-3-5-11-20(17)30-15-18-8-2-4-10-19(18)25/h2-14H,15H2,1H3,(H,27,28)/b26-14-. The van der Waals surface area contributed by atoms with E-state index in [1.807, 2.05) is 60.7 Å². The van der Waals surface area contributed by atoms with Crippen molar-refractivity contribution >= 4 is 34.7 Å². The van der Waals surface area contributed by atoms with Crippen LogP contribution in [0.4, 0.5) is 0 Å². The maximum Gasteiger partial charge on any atom is 0.307 e. The van der Waals surface area contributed by atoms with Crippen molar-refractivity contribution in [1.82, 2.24) is 5.43 Å². The molecular formula is C24H19ClN2O4. The molecule has 156 valence electrons. The van der Waals surface area contributed by atoms with Crippen LogP contribution in [-0.4, -0.2) is 19.2 Å². The summed E-state index contributed by atoms with van der Waals surface area (Å²) in [5.41, 5.74) is 4.58. The molecule has 1 amide bonds. The van der Waals surface area contributed by atoms with Gasteiger partial charge in [-0.1, -0.05) is 54.1 Å². The number of methoxy groups -OCH3 is 1. The smallest absolute Gasteiger partial charge is 0.307 e. The van der Waals surface area contributed by atoms with Crippen molar-refractivity contribution in [2.75, 3.05) is 7.11 Å². The predicted molar refractivity (Wildman–Crippen MR) is 120 cm³/mol. The molecule has 0 saturated carbocycles. The van der Waals surface area contributed by atoms with Gasteiger partial charge in [-0.05, 0) is 30.3 Å². The maximum absolute atomic E-state index is 12.4. The molecule has 1 aromatic heterocycles. The molecule has 1 N–H and O–H groups in total. The number of carbonyl (C=O) groups excluding carboxylic acids is 1. The van der Waals surface area contributed by atoms with Crippen LogP contribution >= 0.6 is 11.6 Å². The molecule has 1 heterocycles. The molecule has 0 radical (unpaired) electrons. The predicted octanol–water partition coefficient (Wildman–Crippen LogP) is 5.44. The Morgan fingerprint density at radius 1 is 1.06 bits per heavy atom. The molecule has 0 spiro atoms. The van der Waals surface area contributed by atoms with E-state index in [9.17, 15) is 4.79 Å². The Balaban J connectivity index is 1.44. The van der Waals surface area contributed by atoms with Gasteiger partial charge in [-0.3, -0.25) is 4.79 Å². The third kappa shape index (κ3) is 4.70. The fourth-order valence-electron chi connectivity index (χ4n) is 3.01. The van der Waals surface area contributed by atoms with Crippen LogP contribution in [0.15, 0.2) is 82.3 Å². The van der Waals surface area contributed by atoms with Gasteiger partial charge in [0.05, 0.1) is 13.3 Å². The third-order valence-corrected chi connectivity index (χ3v) is 4.95. The first-order valence-electron chi connectivity index (χ1n) is 9.51. The van der Waals surface area contributed by atoms with Gasteiger partial charge in [0.2, 0.25) is 0 Å². The molecule has 0 aliphatic rings. The summed E-state index contributed by atoms with van der Waals surface area (Å²) >= 11 is 6.18. The number of hydrogen-bond acceptors (Lipinski definition) is 5. The van der Waals surface area contributed by atoms with E-state index in [1.165, 1.54) is 6.21 Å². The Hall–Kier alpha value is -3.77. The van der Waals surface area contributed by atoms with Crippen LogP contribution in [0.25, 0.3) is 11.0 Å². The number of nitrogens with one attached hydrogen (secondary N) is 1. The van der Waals surface area contributed by atoms with Crippen molar-refractivity contribution in [2.45, 2.75) is 6.61 Å². The number of amides is 1. The number of carbonyl (C=O) groups is 1. The van der Waals surface area contributed by atoms with E-state index < -0.39 is 5.91 Å². The minimum Gasteiger partial charge on any atom is -0.493 e. The fraction of sp³-hybridized carbons (Fsp3) is 0.0833. The molecule has 4 rings (SSSR count). The number of benzene rings is 3. The summed E-state index contributed by atoms with van der Waals surface area (Å²) in [4.78, 5) is 12.4. The lowest BCUT2D eigenvalue weighted by molar-refractivity contribution is 0.0929. The summed E-state index contributed by atoms with van der Waals surface area (Å²) in [6.45, 7) is 0.317. The Labute approximate surface area is 184 Å². The lowest BCUT2D eigenvalue weighted by Crippen LogP contribution is -2.16. The summed E-state index contributed by atoms with van der Waals surface area (Å²) in [7, 11) is 1.55. The molecule has 0 fully saturated rings. The van der Waals surface area contributed by atoms with Gasteiger partial charge >= 0.3 is 5.91 Å². The minimum atomic E-state index is -0.469. The Morgan fingerprint density at radius 2 is 1.84 bits per heavy atom.